The van der Waals surface area contributed by atoms with E-state index in [4.69, 9.17) is 0 Å². The van der Waals surface area contributed by atoms with Gasteiger partial charge in [0.15, 0.2) is 0 Å². The topological polar surface area (TPSA) is 53.1 Å². The molecule has 0 radical (unpaired) electrons. The van der Waals surface area contributed by atoms with Gasteiger partial charge in [0.2, 0.25) is 5.95 Å². The smallest absolute Gasteiger partial charge is 0.224 e. The second-order valence-corrected chi connectivity index (χ2v) is 4.63. The highest BCUT2D eigenvalue weighted by Crippen LogP contribution is 2.05. The van der Waals surface area contributed by atoms with Gasteiger partial charge in [-0.3, -0.25) is 0 Å². The lowest BCUT2D eigenvalue weighted by Gasteiger charge is -2.11. The number of aromatic nitrogens is 2. The van der Waals surface area contributed by atoms with Crippen molar-refractivity contribution in [1.29, 1.82) is 0 Å². The van der Waals surface area contributed by atoms with E-state index in [1.165, 1.54) is 12.8 Å². The first-order valence-corrected chi connectivity index (χ1v) is 6.68. The van der Waals surface area contributed by atoms with E-state index in [0.717, 1.165) is 31.9 Å². The Morgan fingerprint density at radius 2 is 2.00 bits per heavy atom. The van der Waals surface area contributed by atoms with Gasteiger partial charge in [-0.1, -0.05) is 19.8 Å². The molecule has 0 bridgehead atoms. The molecule has 5 heteroatoms. The first-order valence-electron chi connectivity index (χ1n) is 6.68. The summed E-state index contributed by atoms with van der Waals surface area (Å²) in [6, 6.07) is 1.90. The number of anilines is 2. The standard InChI is InChI=1S/C13H25N5/c1-4-5-6-8-15-13-16-9-7-12(17-13)14-10-11-18(2)3/h7,9H,4-6,8,10-11H2,1-3H3,(H2,14,15,16,17). The monoisotopic (exact) mass is 251 g/mol. The van der Waals surface area contributed by atoms with Crippen LogP contribution < -0.4 is 10.6 Å². The predicted molar refractivity (Wildman–Crippen MR) is 77.1 cm³/mol. The molecule has 0 saturated carbocycles. The molecule has 0 amide bonds. The number of unbranched alkanes of at least 4 members (excludes halogenated alkanes) is 2. The minimum Gasteiger partial charge on any atom is -0.369 e. The van der Waals surface area contributed by atoms with Crippen molar-refractivity contribution >= 4 is 11.8 Å². The molecule has 0 saturated heterocycles. The van der Waals surface area contributed by atoms with Gasteiger partial charge in [-0.25, -0.2) is 4.98 Å². The third-order valence-electron chi connectivity index (χ3n) is 2.58. The van der Waals surface area contributed by atoms with Crippen LogP contribution in [-0.2, 0) is 0 Å². The van der Waals surface area contributed by atoms with Crippen molar-refractivity contribution in [2.24, 2.45) is 0 Å². The summed E-state index contributed by atoms with van der Waals surface area (Å²) in [5.74, 6) is 1.59. The molecule has 0 aliphatic rings. The van der Waals surface area contributed by atoms with E-state index in [1.54, 1.807) is 6.20 Å². The van der Waals surface area contributed by atoms with Crippen molar-refractivity contribution in [3.05, 3.63) is 12.3 Å². The number of rotatable bonds is 9. The summed E-state index contributed by atoms with van der Waals surface area (Å²) < 4.78 is 0. The van der Waals surface area contributed by atoms with Gasteiger partial charge in [0.25, 0.3) is 0 Å². The largest absolute Gasteiger partial charge is 0.369 e. The number of hydrogen-bond acceptors (Lipinski definition) is 5. The molecule has 1 aromatic heterocycles. The fraction of sp³-hybridized carbons (Fsp3) is 0.692. The van der Waals surface area contributed by atoms with Crippen LogP contribution in [0.15, 0.2) is 12.3 Å². The lowest BCUT2D eigenvalue weighted by molar-refractivity contribution is 0.425. The van der Waals surface area contributed by atoms with Gasteiger partial charge in [-0.05, 0) is 26.6 Å². The average Bonchev–Trinajstić information content (AvgIpc) is 2.35. The zero-order valence-electron chi connectivity index (χ0n) is 11.7. The molecule has 0 aliphatic carbocycles. The minimum absolute atomic E-state index is 0.709. The summed E-state index contributed by atoms with van der Waals surface area (Å²) in [6.45, 7) is 5.02. The quantitative estimate of drug-likeness (QED) is 0.658. The molecule has 1 aromatic rings. The first-order chi connectivity index (χ1) is 8.72. The van der Waals surface area contributed by atoms with Crippen LogP contribution in [0.3, 0.4) is 0 Å². The number of nitrogens with one attached hydrogen (secondary N) is 2. The molecule has 1 heterocycles. The Bertz CT molecular complexity index is 327. The molecule has 18 heavy (non-hydrogen) atoms. The lowest BCUT2D eigenvalue weighted by Crippen LogP contribution is -2.21. The van der Waals surface area contributed by atoms with Crippen LogP contribution in [0.2, 0.25) is 0 Å². The minimum atomic E-state index is 0.709. The highest BCUT2D eigenvalue weighted by molar-refractivity contribution is 5.39. The highest BCUT2D eigenvalue weighted by atomic mass is 15.1. The van der Waals surface area contributed by atoms with Crippen LogP contribution in [-0.4, -0.2) is 48.6 Å². The summed E-state index contributed by atoms with van der Waals surface area (Å²) in [6.07, 6.45) is 5.42. The van der Waals surface area contributed by atoms with Crippen LogP contribution in [0.5, 0.6) is 0 Å². The molecule has 0 unspecified atom stereocenters. The second kappa shape index (κ2) is 8.69. The van der Waals surface area contributed by atoms with Crippen LogP contribution >= 0.6 is 0 Å². The molecule has 0 aromatic carbocycles. The fourth-order valence-corrected chi connectivity index (χ4v) is 1.53. The maximum atomic E-state index is 4.42. The maximum absolute atomic E-state index is 4.42. The Hall–Kier alpha value is -1.36. The summed E-state index contributed by atoms with van der Waals surface area (Å²) in [5, 5.41) is 6.53. The van der Waals surface area contributed by atoms with Crippen LogP contribution in [0.1, 0.15) is 26.2 Å². The van der Waals surface area contributed by atoms with Gasteiger partial charge in [0.1, 0.15) is 5.82 Å². The van der Waals surface area contributed by atoms with E-state index in [0.29, 0.717) is 5.95 Å². The summed E-state index contributed by atoms with van der Waals surface area (Å²) in [7, 11) is 4.12. The van der Waals surface area contributed by atoms with Crippen molar-refractivity contribution < 1.29 is 0 Å². The molecular formula is C13H25N5. The van der Waals surface area contributed by atoms with Gasteiger partial charge >= 0.3 is 0 Å². The predicted octanol–water partition coefficient (Wildman–Crippen LogP) is 2.05. The zero-order valence-corrected chi connectivity index (χ0v) is 11.7. The highest BCUT2D eigenvalue weighted by Gasteiger charge is 1.98. The van der Waals surface area contributed by atoms with E-state index < -0.39 is 0 Å². The van der Waals surface area contributed by atoms with Gasteiger partial charge < -0.3 is 15.5 Å². The lowest BCUT2D eigenvalue weighted by atomic mass is 10.2. The van der Waals surface area contributed by atoms with E-state index in [9.17, 15) is 0 Å². The molecule has 102 valence electrons. The molecule has 5 nitrogen and oxygen atoms in total. The van der Waals surface area contributed by atoms with Crippen molar-refractivity contribution in [3.63, 3.8) is 0 Å². The van der Waals surface area contributed by atoms with Crippen molar-refractivity contribution in [3.8, 4) is 0 Å². The van der Waals surface area contributed by atoms with Crippen molar-refractivity contribution in [1.82, 2.24) is 14.9 Å². The molecule has 0 spiro atoms. The van der Waals surface area contributed by atoms with Gasteiger partial charge in [-0.15, -0.1) is 0 Å². The Morgan fingerprint density at radius 3 is 2.72 bits per heavy atom. The summed E-state index contributed by atoms with van der Waals surface area (Å²) in [5.41, 5.74) is 0. The molecule has 1 rings (SSSR count). The van der Waals surface area contributed by atoms with Crippen LogP contribution in [0.4, 0.5) is 11.8 Å². The molecule has 0 fully saturated rings. The van der Waals surface area contributed by atoms with E-state index in [1.807, 2.05) is 6.07 Å². The van der Waals surface area contributed by atoms with Crippen LogP contribution in [0.25, 0.3) is 0 Å². The Labute approximate surface area is 110 Å². The third kappa shape index (κ3) is 6.39. The summed E-state index contributed by atoms with van der Waals surface area (Å²) >= 11 is 0. The number of hydrogen-bond donors (Lipinski definition) is 2. The van der Waals surface area contributed by atoms with E-state index in [2.05, 4.69) is 46.5 Å². The summed E-state index contributed by atoms with van der Waals surface area (Å²) in [4.78, 5) is 10.8. The number of nitrogens with zero attached hydrogens (tertiary/aromatic N) is 3. The third-order valence-corrected chi connectivity index (χ3v) is 2.58. The average molecular weight is 251 g/mol. The molecule has 0 aliphatic heterocycles. The fourth-order valence-electron chi connectivity index (χ4n) is 1.53. The van der Waals surface area contributed by atoms with Gasteiger partial charge in [0.05, 0.1) is 0 Å². The van der Waals surface area contributed by atoms with E-state index >= 15 is 0 Å². The maximum Gasteiger partial charge on any atom is 0.224 e. The SMILES string of the molecule is CCCCCNc1nccc(NCCN(C)C)n1. The Morgan fingerprint density at radius 1 is 1.17 bits per heavy atom. The van der Waals surface area contributed by atoms with Crippen molar-refractivity contribution in [2.75, 3.05) is 44.4 Å². The second-order valence-electron chi connectivity index (χ2n) is 4.63. The first kappa shape index (κ1) is 14.7. The van der Waals surface area contributed by atoms with Gasteiger partial charge in [-0.2, -0.15) is 4.98 Å². The normalized spacial score (nSPS) is 10.7. The number of likely N-dealkylation sites (N-methyl/N-ethyl adjacent to an activating group) is 1. The zero-order chi connectivity index (χ0) is 13.2. The van der Waals surface area contributed by atoms with Crippen molar-refractivity contribution in [2.45, 2.75) is 26.2 Å². The Balaban J connectivity index is 2.32. The molecule has 0 atom stereocenters. The Kier molecular flexibility index (Phi) is 7.10. The molecule has 2 N–H and O–H groups in total. The van der Waals surface area contributed by atoms with Gasteiger partial charge in [0, 0.05) is 25.8 Å². The van der Waals surface area contributed by atoms with Crippen LogP contribution in [0, 0.1) is 0 Å². The molecular weight excluding hydrogens is 226 g/mol. The van der Waals surface area contributed by atoms with E-state index in [-0.39, 0.29) is 0 Å².